The number of amides is 1. The summed E-state index contributed by atoms with van der Waals surface area (Å²) in [6.45, 7) is 4.60. The molecule has 2 aliphatic rings. The molecule has 0 spiro atoms. The number of benzene rings is 1. The predicted octanol–water partition coefficient (Wildman–Crippen LogP) is 0.919. The topological polar surface area (TPSA) is 60.9 Å². The smallest absolute Gasteiger partial charge is 0.243 e. The first-order chi connectivity index (χ1) is 11.2. The third-order valence-corrected chi connectivity index (χ3v) is 7.11. The van der Waals surface area contributed by atoms with Gasteiger partial charge in [0.1, 0.15) is 6.04 Å². The van der Waals surface area contributed by atoms with E-state index < -0.39 is 16.1 Å². The summed E-state index contributed by atoms with van der Waals surface area (Å²) in [5, 5.41) is 0. The Balaban J connectivity index is 1.91. The summed E-state index contributed by atoms with van der Waals surface area (Å²) >= 11 is 0. The maximum Gasteiger partial charge on any atom is 0.243 e. The number of piperazine rings is 1. The minimum Gasteiger partial charge on any atom is -0.335 e. The Morgan fingerprint density at radius 1 is 1.21 bits per heavy atom. The molecule has 0 N–H and O–H groups in total. The van der Waals surface area contributed by atoms with Crippen LogP contribution in [0.3, 0.4) is 0 Å². The van der Waals surface area contributed by atoms with Crippen molar-refractivity contribution < 1.29 is 13.2 Å². The van der Waals surface area contributed by atoms with Gasteiger partial charge in [-0.15, -0.1) is 0 Å². The van der Waals surface area contributed by atoms with Crippen molar-refractivity contribution in [1.29, 1.82) is 0 Å². The molecule has 132 valence electrons. The molecule has 2 aliphatic heterocycles. The molecule has 2 saturated heterocycles. The Hall–Kier alpha value is -1.44. The standard InChI is InChI=1S/C17H25N3O3S/c1-12-6-5-7-16(8-12)24(22,23)20-11-15-9-14(18(3)4)10-19(15)17(21)13(20)2/h5-8,13-15H,9-11H2,1-4H3/t13-,14-,15-/m0/s1. The lowest BCUT2D eigenvalue weighted by Gasteiger charge is -2.40. The molecule has 24 heavy (non-hydrogen) atoms. The Kier molecular flexibility index (Phi) is 4.44. The van der Waals surface area contributed by atoms with E-state index >= 15 is 0 Å². The number of hydrogen-bond donors (Lipinski definition) is 0. The highest BCUT2D eigenvalue weighted by molar-refractivity contribution is 7.89. The van der Waals surface area contributed by atoms with E-state index in [-0.39, 0.29) is 22.9 Å². The van der Waals surface area contributed by atoms with E-state index in [0.29, 0.717) is 13.1 Å². The van der Waals surface area contributed by atoms with Crippen LogP contribution in [0.15, 0.2) is 29.2 Å². The summed E-state index contributed by atoms with van der Waals surface area (Å²) in [5.74, 6) is -0.0909. The van der Waals surface area contributed by atoms with Gasteiger partial charge in [0.25, 0.3) is 0 Å². The maximum atomic E-state index is 13.0. The molecule has 0 aliphatic carbocycles. The average molecular weight is 351 g/mol. The Morgan fingerprint density at radius 2 is 1.92 bits per heavy atom. The van der Waals surface area contributed by atoms with Gasteiger partial charge >= 0.3 is 0 Å². The molecule has 0 saturated carbocycles. The van der Waals surface area contributed by atoms with Crippen LogP contribution in [0.25, 0.3) is 0 Å². The van der Waals surface area contributed by atoms with Crippen LogP contribution in [-0.2, 0) is 14.8 Å². The SMILES string of the molecule is Cc1cccc(S(=O)(=O)N2C[C@@H]3C[C@H](N(C)C)CN3C(=O)[C@@H]2C)c1. The molecule has 0 radical (unpaired) electrons. The summed E-state index contributed by atoms with van der Waals surface area (Å²) < 4.78 is 27.5. The van der Waals surface area contributed by atoms with Crippen molar-refractivity contribution in [2.24, 2.45) is 0 Å². The van der Waals surface area contributed by atoms with Gasteiger partial charge in [-0.3, -0.25) is 4.79 Å². The van der Waals surface area contributed by atoms with Gasteiger partial charge in [0, 0.05) is 25.2 Å². The van der Waals surface area contributed by atoms with Gasteiger partial charge in [0.2, 0.25) is 15.9 Å². The minimum atomic E-state index is -3.67. The zero-order valence-corrected chi connectivity index (χ0v) is 15.5. The highest BCUT2D eigenvalue weighted by Gasteiger charge is 2.47. The maximum absolute atomic E-state index is 13.0. The summed E-state index contributed by atoms with van der Waals surface area (Å²) in [6, 6.07) is 6.45. The van der Waals surface area contributed by atoms with Gasteiger partial charge in [-0.1, -0.05) is 12.1 Å². The van der Waals surface area contributed by atoms with Crippen LogP contribution in [-0.4, -0.2) is 73.7 Å². The number of carbonyl (C=O) groups is 1. The van der Waals surface area contributed by atoms with Gasteiger partial charge < -0.3 is 9.80 Å². The third kappa shape index (κ3) is 2.85. The molecule has 1 aromatic rings. The van der Waals surface area contributed by atoms with Crippen molar-refractivity contribution in [3.05, 3.63) is 29.8 Å². The molecule has 0 aromatic heterocycles. The van der Waals surface area contributed by atoms with E-state index in [1.54, 1.807) is 25.1 Å². The fourth-order valence-corrected chi connectivity index (χ4v) is 5.39. The second-order valence-electron chi connectivity index (χ2n) is 7.06. The van der Waals surface area contributed by atoms with Crippen LogP contribution in [0.4, 0.5) is 0 Å². The number of carbonyl (C=O) groups excluding carboxylic acids is 1. The number of fused-ring (bicyclic) bond motifs is 1. The van der Waals surface area contributed by atoms with Crippen molar-refractivity contribution >= 4 is 15.9 Å². The Labute approximate surface area is 144 Å². The molecular weight excluding hydrogens is 326 g/mol. The van der Waals surface area contributed by atoms with E-state index in [1.807, 2.05) is 32.0 Å². The van der Waals surface area contributed by atoms with E-state index in [4.69, 9.17) is 0 Å². The molecule has 0 unspecified atom stereocenters. The molecular formula is C17H25N3O3S. The van der Waals surface area contributed by atoms with Crippen LogP contribution in [0.5, 0.6) is 0 Å². The van der Waals surface area contributed by atoms with E-state index in [1.165, 1.54) is 4.31 Å². The number of likely N-dealkylation sites (N-methyl/N-ethyl adjacent to an activating group) is 1. The van der Waals surface area contributed by atoms with E-state index in [2.05, 4.69) is 4.90 Å². The Morgan fingerprint density at radius 3 is 2.54 bits per heavy atom. The highest BCUT2D eigenvalue weighted by atomic mass is 32.2. The van der Waals surface area contributed by atoms with Crippen LogP contribution in [0.1, 0.15) is 18.9 Å². The normalized spacial score (nSPS) is 28.5. The zero-order valence-electron chi connectivity index (χ0n) is 14.6. The molecule has 1 aromatic carbocycles. The van der Waals surface area contributed by atoms with Crippen molar-refractivity contribution in [3.8, 4) is 0 Å². The first-order valence-electron chi connectivity index (χ1n) is 8.27. The zero-order chi connectivity index (χ0) is 17.6. The monoisotopic (exact) mass is 351 g/mol. The van der Waals surface area contributed by atoms with E-state index in [9.17, 15) is 13.2 Å². The fourth-order valence-electron chi connectivity index (χ4n) is 3.66. The lowest BCUT2D eigenvalue weighted by molar-refractivity contribution is -0.139. The second-order valence-corrected chi connectivity index (χ2v) is 8.96. The number of hydrogen-bond acceptors (Lipinski definition) is 4. The third-order valence-electron chi connectivity index (χ3n) is 5.18. The van der Waals surface area contributed by atoms with Gasteiger partial charge in [-0.25, -0.2) is 8.42 Å². The van der Waals surface area contributed by atoms with Crippen molar-refractivity contribution in [2.45, 2.75) is 43.3 Å². The summed E-state index contributed by atoms with van der Waals surface area (Å²) in [7, 11) is 0.326. The van der Waals surface area contributed by atoms with E-state index in [0.717, 1.165) is 12.0 Å². The lowest BCUT2D eigenvalue weighted by atomic mass is 10.1. The van der Waals surface area contributed by atoms with Gasteiger partial charge in [0.15, 0.2) is 0 Å². The number of aryl methyl sites for hydroxylation is 1. The Bertz CT molecular complexity index is 747. The lowest BCUT2D eigenvalue weighted by Crippen LogP contribution is -2.60. The first-order valence-corrected chi connectivity index (χ1v) is 9.71. The second kappa shape index (κ2) is 6.13. The molecule has 0 bridgehead atoms. The summed E-state index contributed by atoms with van der Waals surface area (Å²) in [6.07, 6.45) is 0.811. The average Bonchev–Trinajstić information content (AvgIpc) is 2.95. The van der Waals surface area contributed by atoms with Crippen molar-refractivity contribution in [1.82, 2.24) is 14.1 Å². The molecule has 2 heterocycles. The van der Waals surface area contributed by atoms with Gasteiger partial charge in [-0.2, -0.15) is 4.31 Å². The highest BCUT2D eigenvalue weighted by Crippen LogP contribution is 2.31. The predicted molar refractivity (Wildman–Crippen MR) is 92.1 cm³/mol. The van der Waals surface area contributed by atoms with Crippen LogP contribution in [0.2, 0.25) is 0 Å². The molecule has 3 rings (SSSR count). The number of nitrogens with zero attached hydrogens (tertiary/aromatic N) is 3. The molecule has 6 nitrogen and oxygen atoms in total. The van der Waals surface area contributed by atoms with Crippen LogP contribution >= 0.6 is 0 Å². The minimum absolute atomic E-state index is 0.0410. The first kappa shape index (κ1) is 17.4. The van der Waals surface area contributed by atoms with Gasteiger partial charge in [0.05, 0.1) is 4.90 Å². The largest absolute Gasteiger partial charge is 0.335 e. The van der Waals surface area contributed by atoms with Gasteiger partial charge in [-0.05, 0) is 52.1 Å². The molecule has 3 atom stereocenters. The summed E-state index contributed by atoms with van der Waals surface area (Å²) in [5.41, 5.74) is 0.891. The molecule has 2 fully saturated rings. The number of sulfonamides is 1. The van der Waals surface area contributed by atoms with Crippen molar-refractivity contribution in [2.75, 3.05) is 27.2 Å². The van der Waals surface area contributed by atoms with Crippen molar-refractivity contribution in [3.63, 3.8) is 0 Å². The van der Waals surface area contributed by atoms with Crippen LogP contribution in [0, 0.1) is 6.92 Å². The quantitative estimate of drug-likeness (QED) is 0.812. The van der Waals surface area contributed by atoms with Crippen LogP contribution < -0.4 is 0 Å². The molecule has 7 heteroatoms. The fraction of sp³-hybridized carbons (Fsp3) is 0.588. The number of rotatable bonds is 3. The molecule has 1 amide bonds. The summed E-state index contributed by atoms with van der Waals surface area (Å²) in [4.78, 5) is 17.0.